The minimum absolute atomic E-state index is 0.0157. The van der Waals surface area contributed by atoms with Crippen LogP contribution in [0.2, 0.25) is 0 Å². The van der Waals surface area contributed by atoms with Gasteiger partial charge in [-0.15, -0.1) is 0 Å². The lowest BCUT2D eigenvalue weighted by Gasteiger charge is -2.18. The maximum absolute atomic E-state index is 11.2. The molecule has 0 aliphatic rings. The number of hydrogen-bond donors (Lipinski definition) is 2. The van der Waals surface area contributed by atoms with Gasteiger partial charge in [0.15, 0.2) is 17.5 Å². The third-order valence-corrected chi connectivity index (χ3v) is 5.05. The van der Waals surface area contributed by atoms with E-state index in [1.807, 2.05) is 19.1 Å². The van der Waals surface area contributed by atoms with E-state index >= 15 is 0 Å². The second-order valence-electron chi connectivity index (χ2n) is 5.70. The van der Waals surface area contributed by atoms with Crippen molar-refractivity contribution >= 4 is 31.7 Å². The molecule has 2 N–H and O–H groups in total. The number of ether oxygens (including phenoxy) is 2. The van der Waals surface area contributed by atoms with Crippen LogP contribution >= 0.6 is 15.9 Å². The molecule has 1 aromatic carbocycles. The van der Waals surface area contributed by atoms with E-state index in [1.54, 1.807) is 21.3 Å². The Balaban J connectivity index is 2.67. The zero-order chi connectivity index (χ0) is 19.0. The van der Waals surface area contributed by atoms with Gasteiger partial charge in [-0.3, -0.25) is 4.99 Å². The standard InChI is InChI=1S/C16H26BrN3O4S/c1-11(6-7-25(5,21)22)20-16(18-2)19-10-12-8-13(17)15(24-4)14(9-12)23-3/h8-9,11H,6-7,10H2,1-5H3,(H2,18,19,20). The van der Waals surface area contributed by atoms with E-state index in [2.05, 4.69) is 31.6 Å². The molecule has 1 atom stereocenters. The van der Waals surface area contributed by atoms with Gasteiger partial charge in [-0.25, -0.2) is 8.42 Å². The molecule has 9 heteroatoms. The number of nitrogens with zero attached hydrogens (tertiary/aromatic N) is 1. The van der Waals surface area contributed by atoms with Crippen molar-refractivity contribution in [2.45, 2.75) is 25.9 Å². The zero-order valence-electron chi connectivity index (χ0n) is 15.2. The summed E-state index contributed by atoms with van der Waals surface area (Å²) in [6.07, 6.45) is 1.75. The number of guanidine groups is 1. The summed E-state index contributed by atoms with van der Waals surface area (Å²) in [5, 5.41) is 6.38. The smallest absolute Gasteiger partial charge is 0.191 e. The lowest BCUT2D eigenvalue weighted by Crippen LogP contribution is -2.42. The number of benzene rings is 1. The van der Waals surface area contributed by atoms with Gasteiger partial charge < -0.3 is 20.1 Å². The fourth-order valence-corrected chi connectivity index (χ4v) is 3.58. The fraction of sp³-hybridized carbons (Fsp3) is 0.562. The highest BCUT2D eigenvalue weighted by molar-refractivity contribution is 9.10. The SMILES string of the molecule is CN=C(NCc1cc(Br)c(OC)c(OC)c1)NC(C)CCS(C)(=O)=O. The molecule has 1 aromatic rings. The van der Waals surface area contributed by atoms with Crippen molar-refractivity contribution in [3.8, 4) is 11.5 Å². The number of rotatable bonds is 8. The van der Waals surface area contributed by atoms with Crippen molar-refractivity contribution in [1.29, 1.82) is 0 Å². The van der Waals surface area contributed by atoms with Gasteiger partial charge in [-0.05, 0) is 47.0 Å². The van der Waals surface area contributed by atoms with Crippen LogP contribution in [0.1, 0.15) is 18.9 Å². The molecule has 7 nitrogen and oxygen atoms in total. The molecule has 1 unspecified atom stereocenters. The molecule has 0 aliphatic carbocycles. The van der Waals surface area contributed by atoms with E-state index < -0.39 is 9.84 Å². The number of hydrogen-bond acceptors (Lipinski definition) is 5. The van der Waals surface area contributed by atoms with Crippen LogP contribution in [0.3, 0.4) is 0 Å². The Labute approximate surface area is 158 Å². The molecule has 142 valence electrons. The molecular formula is C16H26BrN3O4S. The Hall–Kier alpha value is -1.48. The van der Waals surface area contributed by atoms with E-state index in [0.717, 1.165) is 10.0 Å². The van der Waals surface area contributed by atoms with Crippen molar-refractivity contribution in [2.24, 2.45) is 4.99 Å². The van der Waals surface area contributed by atoms with E-state index in [4.69, 9.17) is 9.47 Å². The van der Waals surface area contributed by atoms with Gasteiger partial charge in [0.2, 0.25) is 0 Å². The molecule has 0 spiro atoms. The van der Waals surface area contributed by atoms with Crippen LogP contribution in [-0.2, 0) is 16.4 Å². The number of aliphatic imine (C=N–C) groups is 1. The normalized spacial score (nSPS) is 13.3. The first-order valence-corrected chi connectivity index (χ1v) is 10.6. The summed E-state index contributed by atoms with van der Waals surface area (Å²) in [6.45, 7) is 2.45. The fourth-order valence-electron chi connectivity index (χ4n) is 2.15. The Morgan fingerprint density at radius 3 is 2.52 bits per heavy atom. The van der Waals surface area contributed by atoms with Crippen molar-refractivity contribution in [3.05, 3.63) is 22.2 Å². The average molecular weight is 436 g/mol. The molecule has 0 saturated carbocycles. The highest BCUT2D eigenvalue weighted by atomic mass is 79.9. The van der Waals surface area contributed by atoms with Gasteiger partial charge in [-0.1, -0.05) is 0 Å². The Morgan fingerprint density at radius 2 is 2.00 bits per heavy atom. The average Bonchev–Trinajstić information content (AvgIpc) is 2.55. The van der Waals surface area contributed by atoms with Gasteiger partial charge >= 0.3 is 0 Å². The van der Waals surface area contributed by atoms with Gasteiger partial charge in [0, 0.05) is 25.9 Å². The van der Waals surface area contributed by atoms with E-state index in [-0.39, 0.29) is 11.8 Å². The second-order valence-corrected chi connectivity index (χ2v) is 8.82. The molecule has 0 amide bonds. The molecule has 1 rings (SSSR count). The number of sulfone groups is 1. The summed E-state index contributed by atoms with van der Waals surface area (Å²) < 4.78 is 33.9. The van der Waals surface area contributed by atoms with Crippen LogP contribution < -0.4 is 20.1 Å². The summed E-state index contributed by atoms with van der Waals surface area (Å²) in [6, 6.07) is 3.81. The molecule has 0 saturated heterocycles. The first kappa shape index (κ1) is 21.6. The third-order valence-electron chi connectivity index (χ3n) is 3.48. The van der Waals surface area contributed by atoms with Crippen LogP contribution in [0.5, 0.6) is 11.5 Å². The van der Waals surface area contributed by atoms with Gasteiger partial charge in [0.25, 0.3) is 0 Å². The topological polar surface area (TPSA) is 89.0 Å². The number of halogens is 1. The van der Waals surface area contributed by atoms with Crippen LogP contribution in [0.4, 0.5) is 0 Å². The summed E-state index contributed by atoms with van der Waals surface area (Å²) >= 11 is 3.47. The summed E-state index contributed by atoms with van der Waals surface area (Å²) in [5.41, 5.74) is 0.983. The summed E-state index contributed by atoms with van der Waals surface area (Å²) in [7, 11) is 1.88. The Bertz CT molecular complexity index is 708. The quantitative estimate of drug-likeness (QED) is 0.479. The number of nitrogens with one attached hydrogen (secondary N) is 2. The van der Waals surface area contributed by atoms with Gasteiger partial charge in [-0.2, -0.15) is 0 Å². The van der Waals surface area contributed by atoms with Crippen LogP contribution in [0.15, 0.2) is 21.6 Å². The molecule has 0 radical (unpaired) electrons. The van der Waals surface area contributed by atoms with Crippen molar-refractivity contribution in [3.63, 3.8) is 0 Å². The predicted octanol–water partition coefficient (Wildman–Crippen LogP) is 1.95. The first-order valence-electron chi connectivity index (χ1n) is 7.75. The number of methoxy groups -OCH3 is 2. The van der Waals surface area contributed by atoms with Crippen molar-refractivity contribution in [2.75, 3.05) is 33.3 Å². The Kier molecular flexibility index (Phi) is 8.51. The molecule has 0 aromatic heterocycles. The molecule has 0 aliphatic heterocycles. The molecule has 25 heavy (non-hydrogen) atoms. The maximum Gasteiger partial charge on any atom is 0.191 e. The highest BCUT2D eigenvalue weighted by Gasteiger charge is 2.12. The molecule has 0 bridgehead atoms. The maximum atomic E-state index is 11.2. The van der Waals surface area contributed by atoms with Gasteiger partial charge in [0.1, 0.15) is 9.84 Å². The molecule has 0 fully saturated rings. The van der Waals surface area contributed by atoms with Crippen LogP contribution in [0, 0.1) is 0 Å². The van der Waals surface area contributed by atoms with E-state index in [1.165, 1.54) is 6.26 Å². The largest absolute Gasteiger partial charge is 0.493 e. The first-order chi connectivity index (χ1) is 11.7. The van der Waals surface area contributed by atoms with E-state index in [9.17, 15) is 8.42 Å². The van der Waals surface area contributed by atoms with Crippen LogP contribution in [0.25, 0.3) is 0 Å². The zero-order valence-corrected chi connectivity index (χ0v) is 17.6. The Morgan fingerprint density at radius 1 is 1.32 bits per heavy atom. The molecular weight excluding hydrogens is 410 g/mol. The predicted molar refractivity (Wildman–Crippen MR) is 104 cm³/mol. The van der Waals surface area contributed by atoms with Crippen molar-refractivity contribution in [1.82, 2.24) is 10.6 Å². The minimum Gasteiger partial charge on any atom is -0.493 e. The summed E-state index contributed by atoms with van der Waals surface area (Å²) in [5.74, 6) is 2.02. The van der Waals surface area contributed by atoms with Crippen LogP contribution in [-0.4, -0.2) is 53.7 Å². The minimum atomic E-state index is -2.97. The summed E-state index contributed by atoms with van der Waals surface area (Å²) in [4.78, 5) is 4.16. The monoisotopic (exact) mass is 435 g/mol. The van der Waals surface area contributed by atoms with Crippen molar-refractivity contribution < 1.29 is 17.9 Å². The lowest BCUT2D eigenvalue weighted by atomic mass is 10.2. The van der Waals surface area contributed by atoms with Gasteiger partial charge in [0.05, 0.1) is 24.4 Å². The second kappa shape index (κ2) is 9.86. The lowest BCUT2D eigenvalue weighted by molar-refractivity contribution is 0.352. The molecule has 0 heterocycles. The highest BCUT2D eigenvalue weighted by Crippen LogP contribution is 2.36. The van der Waals surface area contributed by atoms with E-state index in [0.29, 0.717) is 30.4 Å². The third kappa shape index (κ3) is 7.52.